The Morgan fingerprint density at radius 2 is 2.13 bits per heavy atom. The summed E-state index contributed by atoms with van der Waals surface area (Å²) in [6, 6.07) is 0. The second kappa shape index (κ2) is 5.72. The van der Waals surface area contributed by atoms with E-state index in [0.29, 0.717) is 0 Å². The molecule has 1 saturated heterocycles. The van der Waals surface area contributed by atoms with Gasteiger partial charge in [-0.05, 0) is 0 Å². The topological polar surface area (TPSA) is 193 Å². The molecule has 3 heterocycles. The lowest BCUT2D eigenvalue weighted by atomic mass is 10.1. The molecule has 4 atom stereocenters. The Bertz CT molecular complexity index is 816. The van der Waals surface area contributed by atoms with Gasteiger partial charge >= 0.3 is 7.82 Å². The molecule has 13 nitrogen and oxygen atoms in total. The van der Waals surface area contributed by atoms with Crippen LogP contribution in [0, 0.1) is 0 Å². The van der Waals surface area contributed by atoms with Gasteiger partial charge in [0.2, 0.25) is 0 Å². The van der Waals surface area contributed by atoms with E-state index in [9.17, 15) is 19.6 Å². The molecule has 1 aliphatic rings. The Kier molecular flexibility index (Phi) is 4.01. The van der Waals surface area contributed by atoms with Crippen LogP contribution in [0.5, 0.6) is 0 Å². The number of aromatic nitrogens is 5. The number of hydrogen-bond donors (Lipinski definition) is 5. The van der Waals surface area contributed by atoms with Crippen LogP contribution in [0.2, 0.25) is 0 Å². The fraction of sp³-hybridized carbons (Fsp3) is 0.556. The lowest BCUT2D eigenvalue weighted by molar-refractivity contribution is -0.0504. The second-order valence-electron chi connectivity index (χ2n) is 4.80. The van der Waals surface area contributed by atoms with Crippen LogP contribution < -0.4 is 5.56 Å². The number of imidazole rings is 1. The van der Waals surface area contributed by atoms with E-state index in [0.717, 1.165) is 0 Å². The van der Waals surface area contributed by atoms with E-state index in [1.54, 1.807) is 0 Å². The lowest BCUT2D eigenvalue weighted by Gasteiger charge is -2.16. The molecule has 1 fully saturated rings. The van der Waals surface area contributed by atoms with Gasteiger partial charge in [0.05, 0.1) is 12.9 Å². The van der Waals surface area contributed by atoms with Gasteiger partial charge in [0.25, 0.3) is 5.56 Å². The molecule has 0 aliphatic carbocycles. The Balaban J connectivity index is 1.87. The average Bonchev–Trinajstić information content (AvgIpc) is 3.01. The molecule has 2 aromatic rings. The minimum Gasteiger partial charge on any atom is -0.387 e. The molecule has 23 heavy (non-hydrogen) atoms. The van der Waals surface area contributed by atoms with Gasteiger partial charge in [-0.15, -0.1) is 5.10 Å². The van der Waals surface area contributed by atoms with Crippen molar-refractivity contribution in [2.24, 2.45) is 0 Å². The summed E-state index contributed by atoms with van der Waals surface area (Å²) in [6.45, 7) is -0.641. The number of nitrogens with zero attached hydrogens (tertiary/aromatic N) is 4. The minimum absolute atomic E-state index is 0.0153. The maximum atomic E-state index is 11.5. The van der Waals surface area contributed by atoms with Crippen molar-refractivity contribution < 1.29 is 33.8 Å². The van der Waals surface area contributed by atoms with Crippen molar-refractivity contribution in [1.29, 1.82) is 0 Å². The highest BCUT2D eigenvalue weighted by atomic mass is 31.2. The largest absolute Gasteiger partial charge is 0.469 e. The van der Waals surface area contributed by atoms with Crippen LogP contribution in [0.1, 0.15) is 6.23 Å². The molecule has 14 heteroatoms. The summed E-state index contributed by atoms with van der Waals surface area (Å²) in [5.74, 6) is 0. The normalized spacial score (nSPS) is 28.5. The van der Waals surface area contributed by atoms with Crippen LogP contribution in [-0.2, 0) is 13.8 Å². The highest BCUT2D eigenvalue weighted by Crippen LogP contribution is 2.38. The first-order valence-corrected chi connectivity index (χ1v) is 7.80. The number of nitrogens with one attached hydrogen (secondary N) is 1. The summed E-state index contributed by atoms with van der Waals surface area (Å²) in [5.41, 5.74) is -0.620. The maximum Gasteiger partial charge on any atom is 0.469 e. The number of rotatable bonds is 4. The fourth-order valence-corrected chi connectivity index (χ4v) is 2.58. The van der Waals surface area contributed by atoms with E-state index in [4.69, 9.17) is 14.5 Å². The average molecular weight is 349 g/mol. The Morgan fingerprint density at radius 1 is 1.39 bits per heavy atom. The first-order valence-electron chi connectivity index (χ1n) is 6.27. The van der Waals surface area contributed by atoms with Gasteiger partial charge in [0.15, 0.2) is 17.4 Å². The summed E-state index contributed by atoms with van der Waals surface area (Å²) < 4.78 is 21.5. The summed E-state index contributed by atoms with van der Waals surface area (Å²) in [4.78, 5) is 32.7. The monoisotopic (exact) mass is 349 g/mol. The Morgan fingerprint density at radius 3 is 2.83 bits per heavy atom. The van der Waals surface area contributed by atoms with Gasteiger partial charge in [-0.1, -0.05) is 5.21 Å². The number of H-pyrrole nitrogens is 1. The molecule has 0 radical (unpaired) electrons. The van der Waals surface area contributed by atoms with Crippen LogP contribution >= 0.6 is 7.82 Å². The van der Waals surface area contributed by atoms with Crippen molar-refractivity contribution in [3.8, 4) is 0 Å². The predicted octanol–water partition coefficient (Wildman–Crippen LogP) is -2.76. The van der Waals surface area contributed by atoms with Crippen LogP contribution in [0.4, 0.5) is 0 Å². The number of aliphatic hydroxyl groups excluding tert-OH is 2. The third-order valence-electron chi connectivity index (χ3n) is 3.30. The maximum absolute atomic E-state index is 11.5. The molecule has 0 unspecified atom stereocenters. The summed E-state index contributed by atoms with van der Waals surface area (Å²) in [6.07, 6.45) is -4.15. The molecular weight excluding hydrogens is 337 g/mol. The number of fused-ring (bicyclic) bond motifs is 1. The molecule has 0 amide bonds. The highest BCUT2D eigenvalue weighted by Gasteiger charge is 2.45. The van der Waals surface area contributed by atoms with Crippen molar-refractivity contribution in [3.63, 3.8) is 0 Å². The van der Waals surface area contributed by atoms with E-state index in [-0.39, 0.29) is 11.2 Å². The van der Waals surface area contributed by atoms with Gasteiger partial charge in [0.1, 0.15) is 18.3 Å². The highest BCUT2D eigenvalue weighted by molar-refractivity contribution is 7.46. The van der Waals surface area contributed by atoms with E-state index < -0.39 is 44.5 Å². The van der Waals surface area contributed by atoms with Crippen molar-refractivity contribution in [1.82, 2.24) is 25.0 Å². The van der Waals surface area contributed by atoms with Gasteiger partial charge in [-0.3, -0.25) is 13.9 Å². The van der Waals surface area contributed by atoms with Crippen LogP contribution in [0.15, 0.2) is 11.1 Å². The third-order valence-corrected chi connectivity index (χ3v) is 3.78. The van der Waals surface area contributed by atoms with Crippen LogP contribution in [-0.4, -0.2) is 69.9 Å². The lowest BCUT2D eigenvalue weighted by Crippen LogP contribution is -2.33. The number of hydrogen-bond acceptors (Lipinski definition) is 9. The molecule has 1 aliphatic heterocycles. The number of aliphatic hydroxyl groups is 2. The van der Waals surface area contributed by atoms with Crippen molar-refractivity contribution >= 4 is 19.0 Å². The standard InChI is InChI=1S/C9H12N5O8P/c15-5-3(1-21-23(18,19)20)22-9(6(5)16)14-2-10-4-7(14)11-13-12-8(4)17/h2-3,5-6,9,15-16H,1H2,(H,11,12,17)(H2,18,19,20)/t3-,5-,6-,9-/m1/s1. The van der Waals surface area contributed by atoms with Crippen molar-refractivity contribution in [2.45, 2.75) is 24.5 Å². The van der Waals surface area contributed by atoms with Crippen molar-refractivity contribution in [2.75, 3.05) is 6.61 Å². The van der Waals surface area contributed by atoms with E-state index >= 15 is 0 Å². The molecule has 126 valence electrons. The molecule has 0 spiro atoms. The van der Waals surface area contributed by atoms with Gasteiger partial charge in [-0.2, -0.15) is 0 Å². The molecule has 0 saturated carbocycles. The summed E-state index contributed by atoms with van der Waals surface area (Å²) in [5, 5.41) is 29.1. The number of aromatic amines is 1. The molecule has 2 aromatic heterocycles. The summed E-state index contributed by atoms with van der Waals surface area (Å²) >= 11 is 0. The summed E-state index contributed by atoms with van der Waals surface area (Å²) in [7, 11) is -4.75. The zero-order valence-corrected chi connectivity index (χ0v) is 12.1. The quantitative estimate of drug-likeness (QED) is 0.359. The van der Waals surface area contributed by atoms with Gasteiger partial charge < -0.3 is 24.7 Å². The molecular formula is C9H12N5O8P. The first kappa shape index (κ1) is 16.1. The minimum atomic E-state index is -4.75. The number of phosphoric acid groups is 1. The molecule has 0 bridgehead atoms. The van der Waals surface area contributed by atoms with Gasteiger partial charge in [0, 0.05) is 0 Å². The SMILES string of the molecule is O=c1[nH]nnc2c1ncn2[C@@H]1O[C@H](COP(=O)(O)O)[C@@H](O)[C@H]1O. The van der Waals surface area contributed by atoms with E-state index in [2.05, 4.69) is 24.9 Å². The fourth-order valence-electron chi connectivity index (χ4n) is 2.24. The Labute approximate surface area is 126 Å². The third kappa shape index (κ3) is 3.03. The molecule has 0 aromatic carbocycles. The molecule has 3 rings (SSSR count). The Hall–Kier alpha value is -1.73. The van der Waals surface area contributed by atoms with E-state index in [1.165, 1.54) is 10.9 Å². The van der Waals surface area contributed by atoms with Crippen LogP contribution in [0.3, 0.4) is 0 Å². The van der Waals surface area contributed by atoms with Crippen molar-refractivity contribution in [3.05, 3.63) is 16.7 Å². The zero-order chi connectivity index (χ0) is 16.8. The zero-order valence-electron chi connectivity index (χ0n) is 11.3. The number of phosphoric ester groups is 1. The van der Waals surface area contributed by atoms with Crippen LogP contribution in [0.25, 0.3) is 11.2 Å². The smallest absolute Gasteiger partial charge is 0.387 e. The molecule has 5 N–H and O–H groups in total. The van der Waals surface area contributed by atoms with Gasteiger partial charge in [-0.25, -0.2) is 14.6 Å². The second-order valence-corrected chi connectivity index (χ2v) is 6.04. The van der Waals surface area contributed by atoms with E-state index in [1.807, 2.05) is 0 Å². The first-order chi connectivity index (χ1) is 10.8. The number of ether oxygens (including phenoxy) is 1. The predicted molar refractivity (Wildman–Crippen MR) is 69.9 cm³/mol.